The molecule has 1 aromatic heterocycles. The first-order valence-corrected chi connectivity index (χ1v) is 6.37. The molecule has 1 heterocycles. The smallest absolute Gasteiger partial charge is 0.243 e. The number of rotatable bonds is 9. The van der Waals surface area contributed by atoms with E-state index < -0.39 is 5.97 Å². The molecule has 0 spiro atoms. The van der Waals surface area contributed by atoms with E-state index in [4.69, 9.17) is 14.2 Å². The lowest BCUT2D eigenvalue weighted by molar-refractivity contribution is -0.670. The van der Waals surface area contributed by atoms with Crippen molar-refractivity contribution < 1.29 is 28.7 Å². The fraction of sp³-hybridized carbons (Fsp3) is 0.692. The number of ether oxygens (including phenoxy) is 3. The predicted molar refractivity (Wildman–Crippen MR) is 69.7 cm³/mol. The van der Waals surface area contributed by atoms with Crippen molar-refractivity contribution in [1.29, 1.82) is 0 Å². The van der Waals surface area contributed by atoms with Gasteiger partial charge in [-0.05, 0) is 0 Å². The molecule has 1 rings (SSSR count). The molecule has 0 aliphatic rings. The minimum atomic E-state index is -1.10. The number of carboxylic acid groups (broad SMARTS) is 1. The number of carboxylic acids is 1. The van der Waals surface area contributed by atoms with Gasteiger partial charge in [0.25, 0.3) is 0 Å². The number of hydrogen-bond acceptors (Lipinski definition) is 5. The standard InChI is InChI=1S/C8H16O5.C5H9N2/c1-11-4-5-13-7-6-12-3-2-8(9)10;1-6-3-4-7(2)5-6/h2-7H2,1H3,(H,9,10);3-5H,1-2H3/q;+1/p-1. The van der Waals surface area contributed by atoms with Gasteiger partial charge in [-0.25, -0.2) is 9.13 Å². The average Bonchev–Trinajstić information content (AvgIpc) is 2.77. The number of carbonyl (C=O) groups is 1. The Morgan fingerprint density at radius 2 is 1.80 bits per heavy atom. The van der Waals surface area contributed by atoms with Crippen LogP contribution in [0.2, 0.25) is 0 Å². The fourth-order valence-electron chi connectivity index (χ4n) is 1.19. The van der Waals surface area contributed by atoms with Crippen molar-refractivity contribution in [3.63, 3.8) is 0 Å². The lowest BCUT2D eigenvalue weighted by atomic mass is 10.5. The summed E-state index contributed by atoms with van der Waals surface area (Å²) in [5.74, 6) is -1.10. The van der Waals surface area contributed by atoms with Gasteiger partial charge < -0.3 is 24.1 Å². The van der Waals surface area contributed by atoms with E-state index in [1.807, 2.05) is 42.0 Å². The van der Waals surface area contributed by atoms with E-state index in [0.29, 0.717) is 26.4 Å². The fourth-order valence-corrected chi connectivity index (χ4v) is 1.19. The SMILES string of the molecule is COCCOCCOCCC(=O)[O-].Cn1cc[n+](C)c1. The summed E-state index contributed by atoms with van der Waals surface area (Å²) in [5.41, 5.74) is 0. The van der Waals surface area contributed by atoms with Crippen LogP contribution in [0.25, 0.3) is 0 Å². The molecule has 0 bridgehead atoms. The molecular formula is C13H24N2O5. The van der Waals surface area contributed by atoms with Gasteiger partial charge in [0.05, 0.1) is 47.1 Å². The highest BCUT2D eigenvalue weighted by atomic mass is 16.5. The zero-order chi connectivity index (χ0) is 15.2. The minimum Gasteiger partial charge on any atom is -0.550 e. The molecule has 0 N–H and O–H groups in total. The minimum absolute atomic E-state index is 0.0714. The van der Waals surface area contributed by atoms with Crippen LogP contribution in [-0.2, 0) is 33.1 Å². The average molecular weight is 288 g/mol. The summed E-state index contributed by atoms with van der Waals surface area (Å²) >= 11 is 0. The highest BCUT2D eigenvalue weighted by Crippen LogP contribution is 1.82. The molecule has 0 aromatic carbocycles. The van der Waals surface area contributed by atoms with Crippen molar-refractivity contribution in [3.05, 3.63) is 18.7 Å². The van der Waals surface area contributed by atoms with Crippen molar-refractivity contribution in [3.8, 4) is 0 Å². The first kappa shape index (κ1) is 18.6. The second kappa shape index (κ2) is 12.6. The van der Waals surface area contributed by atoms with Crippen LogP contribution < -0.4 is 9.67 Å². The van der Waals surface area contributed by atoms with Gasteiger partial charge in [-0.3, -0.25) is 0 Å². The van der Waals surface area contributed by atoms with E-state index in [1.165, 1.54) is 0 Å². The van der Waals surface area contributed by atoms with Gasteiger partial charge in [0, 0.05) is 19.5 Å². The Balaban J connectivity index is 0.000000428. The van der Waals surface area contributed by atoms with Gasteiger partial charge in [-0.1, -0.05) is 0 Å². The van der Waals surface area contributed by atoms with Gasteiger partial charge in [-0.15, -0.1) is 0 Å². The monoisotopic (exact) mass is 288 g/mol. The van der Waals surface area contributed by atoms with Crippen molar-refractivity contribution >= 4 is 5.97 Å². The normalized spacial score (nSPS) is 9.95. The maximum atomic E-state index is 9.93. The third-order valence-electron chi connectivity index (χ3n) is 2.16. The summed E-state index contributed by atoms with van der Waals surface area (Å²) < 4.78 is 18.8. The molecular weight excluding hydrogens is 264 g/mol. The third kappa shape index (κ3) is 13.0. The number of methoxy groups -OCH3 is 1. The highest BCUT2D eigenvalue weighted by Gasteiger charge is 1.90. The number of aromatic nitrogens is 2. The molecule has 0 radical (unpaired) electrons. The van der Waals surface area contributed by atoms with Gasteiger partial charge in [0.2, 0.25) is 6.33 Å². The Kier molecular flexibility index (Phi) is 11.7. The molecule has 7 nitrogen and oxygen atoms in total. The van der Waals surface area contributed by atoms with Gasteiger partial charge in [-0.2, -0.15) is 0 Å². The Morgan fingerprint density at radius 3 is 2.20 bits per heavy atom. The van der Waals surface area contributed by atoms with Crippen LogP contribution in [0.4, 0.5) is 0 Å². The van der Waals surface area contributed by atoms with Gasteiger partial charge >= 0.3 is 0 Å². The van der Waals surface area contributed by atoms with Crippen LogP contribution in [0.5, 0.6) is 0 Å². The number of carbonyl (C=O) groups excluding carboxylic acids is 1. The molecule has 1 aromatic rings. The van der Waals surface area contributed by atoms with Crippen molar-refractivity contribution in [1.82, 2.24) is 4.57 Å². The van der Waals surface area contributed by atoms with E-state index >= 15 is 0 Å². The first-order valence-electron chi connectivity index (χ1n) is 6.37. The predicted octanol–water partition coefficient (Wildman–Crippen LogP) is -1.34. The maximum absolute atomic E-state index is 9.93. The van der Waals surface area contributed by atoms with E-state index in [-0.39, 0.29) is 13.0 Å². The molecule has 0 aliphatic heterocycles. The molecule has 0 atom stereocenters. The van der Waals surface area contributed by atoms with E-state index in [0.717, 1.165) is 0 Å². The number of aliphatic carboxylic acids is 1. The van der Waals surface area contributed by atoms with Gasteiger partial charge in [0.15, 0.2) is 0 Å². The Morgan fingerprint density at radius 1 is 1.20 bits per heavy atom. The quantitative estimate of drug-likeness (QED) is 0.415. The number of nitrogens with zero attached hydrogens (tertiary/aromatic N) is 2. The molecule has 20 heavy (non-hydrogen) atoms. The van der Waals surface area contributed by atoms with E-state index in [2.05, 4.69) is 0 Å². The molecule has 0 amide bonds. The molecule has 0 saturated carbocycles. The third-order valence-corrected chi connectivity index (χ3v) is 2.16. The Hall–Kier alpha value is -1.44. The number of imidazole rings is 1. The first-order chi connectivity index (χ1) is 9.56. The lowest BCUT2D eigenvalue weighted by Crippen LogP contribution is -2.23. The maximum Gasteiger partial charge on any atom is 0.243 e. The lowest BCUT2D eigenvalue weighted by Gasteiger charge is -2.05. The molecule has 0 fully saturated rings. The molecule has 116 valence electrons. The number of aryl methyl sites for hydroxylation is 2. The van der Waals surface area contributed by atoms with E-state index in [1.54, 1.807) is 7.11 Å². The second-order valence-corrected chi connectivity index (χ2v) is 4.08. The Labute approximate surface area is 119 Å². The Bertz CT molecular complexity index is 338. The molecule has 0 aliphatic carbocycles. The molecule has 7 heteroatoms. The summed E-state index contributed by atoms with van der Waals surface area (Å²) in [4.78, 5) is 9.93. The van der Waals surface area contributed by atoms with E-state index in [9.17, 15) is 9.90 Å². The second-order valence-electron chi connectivity index (χ2n) is 4.08. The van der Waals surface area contributed by atoms with Crippen LogP contribution in [0.15, 0.2) is 18.7 Å². The zero-order valence-corrected chi connectivity index (χ0v) is 12.4. The van der Waals surface area contributed by atoms with Crippen LogP contribution in [0, 0.1) is 0 Å². The summed E-state index contributed by atoms with van der Waals surface area (Å²) in [5, 5.41) is 9.93. The van der Waals surface area contributed by atoms with Crippen LogP contribution in [-0.4, -0.2) is 50.7 Å². The largest absolute Gasteiger partial charge is 0.550 e. The van der Waals surface area contributed by atoms with Gasteiger partial charge in [0.1, 0.15) is 12.4 Å². The topological polar surface area (TPSA) is 76.6 Å². The molecule has 0 saturated heterocycles. The van der Waals surface area contributed by atoms with Crippen molar-refractivity contribution in [2.45, 2.75) is 6.42 Å². The van der Waals surface area contributed by atoms with Crippen molar-refractivity contribution in [2.24, 2.45) is 14.1 Å². The summed E-state index contributed by atoms with van der Waals surface area (Å²) in [6.07, 6.45) is 5.93. The summed E-state index contributed by atoms with van der Waals surface area (Å²) in [6.45, 7) is 2.11. The number of hydrogen-bond donors (Lipinski definition) is 0. The summed E-state index contributed by atoms with van der Waals surface area (Å²) in [7, 11) is 5.60. The molecule has 0 unspecified atom stereocenters. The summed E-state index contributed by atoms with van der Waals surface area (Å²) in [6, 6.07) is 0. The van der Waals surface area contributed by atoms with Crippen LogP contribution in [0.3, 0.4) is 0 Å². The van der Waals surface area contributed by atoms with Crippen LogP contribution >= 0.6 is 0 Å². The van der Waals surface area contributed by atoms with Crippen LogP contribution in [0.1, 0.15) is 6.42 Å². The van der Waals surface area contributed by atoms with Crippen molar-refractivity contribution in [2.75, 3.05) is 40.1 Å². The highest BCUT2D eigenvalue weighted by molar-refractivity contribution is 5.64. The zero-order valence-electron chi connectivity index (χ0n) is 12.4.